The third-order valence-electron chi connectivity index (χ3n) is 5.99. The lowest BCUT2D eigenvalue weighted by Gasteiger charge is -2.13. The summed E-state index contributed by atoms with van der Waals surface area (Å²) in [5, 5.41) is 22.9. The highest BCUT2D eigenvalue weighted by Crippen LogP contribution is 2.37. The Kier molecular flexibility index (Phi) is 5.04. The molecule has 10 nitrogen and oxygen atoms in total. The van der Waals surface area contributed by atoms with Crippen molar-refractivity contribution in [2.24, 2.45) is 0 Å². The van der Waals surface area contributed by atoms with E-state index in [4.69, 9.17) is 0 Å². The molecule has 0 spiro atoms. The predicted octanol–water partition coefficient (Wildman–Crippen LogP) is 1.60. The van der Waals surface area contributed by atoms with E-state index in [0.717, 1.165) is 6.42 Å². The molecule has 2 aliphatic carbocycles. The van der Waals surface area contributed by atoms with Gasteiger partial charge in [-0.3, -0.25) is 9.59 Å². The van der Waals surface area contributed by atoms with Gasteiger partial charge in [0.25, 0.3) is 11.5 Å². The quantitative estimate of drug-likeness (QED) is 0.458. The van der Waals surface area contributed by atoms with Crippen molar-refractivity contribution in [1.29, 1.82) is 0 Å². The fraction of sp³-hybridized carbons (Fsp3) is 0.429. The molecule has 3 aromatic heterocycles. The van der Waals surface area contributed by atoms with Crippen LogP contribution in [0, 0.1) is 0 Å². The summed E-state index contributed by atoms with van der Waals surface area (Å²) in [5.74, 6) is 0.584. The first-order chi connectivity index (χ1) is 15.4. The minimum atomic E-state index is -0.998. The Labute approximate surface area is 182 Å². The molecule has 2 unspecified atom stereocenters. The molecular formula is C21H24FN7O3. The molecule has 0 saturated heterocycles. The third-order valence-corrected chi connectivity index (χ3v) is 5.99. The number of carbonyl (C=O) groups is 1. The maximum Gasteiger partial charge on any atom is 0.274 e. The number of alkyl halides is 1. The zero-order valence-electron chi connectivity index (χ0n) is 17.5. The fourth-order valence-electron chi connectivity index (χ4n) is 4.16. The van der Waals surface area contributed by atoms with Gasteiger partial charge < -0.3 is 25.6 Å². The number of nitrogens with one attached hydrogen (secondary N) is 3. The molecule has 4 N–H and O–H groups in total. The van der Waals surface area contributed by atoms with Crippen molar-refractivity contribution in [3.05, 3.63) is 46.5 Å². The summed E-state index contributed by atoms with van der Waals surface area (Å²) in [6.45, 7) is 0. The molecule has 1 amide bonds. The predicted molar refractivity (Wildman–Crippen MR) is 116 cm³/mol. The zero-order chi connectivity index (χ0) is 22.4. The number of halogens is 1. The van der Waals surface area contributed by atoms with E-state index in [1.807, 2.05) is 0 Å². The molecule has 0 bridgehead atoms. The SMILES string of the molecule is CNc1cc(Nc2cccn([C@H]3C[C@@H]3F)c2=O)nc2c(C(=O)NC3CCC(O)C3)cnn12. The van der Waals surface area contributed by atoms with Crippen LogP contribution in [-0.4, -0.2) is 55.5 Å². The van der Waals surface area contributed by atoms with Crippen molar-refractivity contribution in [3.8, 4) is 0 Å². The van der Waals surface area contributed by atoms with Crippen molar-refractivity contribution in [1.82, 2.24) is 24.5 Å². The first kappa shape index (κ1) is 20.4. The summed E-state index contributed by atoms with van der Waals surface area (Å²) in [6, 6.07) is 4.43. The maximum absolute atomic E-state index is 13.5. The van der Waals surface area contributed by atoms with Crippen LogP contribution >= 0.6 is 0 Å². The van der Waals surface area contributed by atoms with Gasteiger partial charge in [0.1, 0.15) is 29.1 Å². The number of pyridine rings is 1. The largest absolute Gasteiger partial charge is 0.393 e. The summed E-state index contributed by atoms with van der Waals surface area (Å²) in [4.78, 5) is 30.1. The number of rotatable bonds is 6. The molecule has 3 aromatic rings. The van der Waals surface area contributed by atoms with Crippen LogP contribution in [0.3, 0.4) is 0 Å². The molecular weight excluding hydrogens is 417 g/mol. The Balaban J connectivity index is 1.46. The van der Waals surface area contributed by atoms with Crippen molar-refractivity contribution < 1.29 is 14.3 Å². The lowest BCUT2D eigenvalue weighted by atomic mass is 10.2. The number of hydrogen-bond acceptors (Lipinski definition) is 7. The molecule has 2 saturated carbocycles. The van der Waals surface area contributed by atoms with E-state index in [2.05, 4.69) is 26.0 Å². The summed E-state index contributed by atoms with van der Waals surface area (Å²) < 4.78 is 16.4. The van der Waals surface area contributed by atoms with Gasteiger partial charge in [0, 0.05) is 31.8 Å². The first-order valence-electron chi connectivity index (χ1n) is 10.6. The molecule has 0 aromatic carbocycles. The average Bonchev–Trinajstić information content (AvgIpc) is 3.14. The molecule has 4 atom stereocenters. The monoisotopic (exact) mass is 441 g/mol. The zero-order valence-corrected chi connectivity index (χ0v) is 17.5. The first-order valence-corrected chi connectivity index (χ1v) is 10.6. The third kappa shape index (κ3) is 3.68. The minimum absolute atomic E-state index is 0.0953. The average molecular weight is 441 g/mol. The van der Waals surface area contributed by atoms with Crippen LogP contribution in [0.15, 0.2) is 35.4 Å². The molecule has 3 heterocycles. The lowest BCUT2D eigenvalue weighted by molar-refractivity contribution is 0.0935. The van der Waals surface area contributed by atoms with Crippen LogP contribution in [0.5, 0.6) is 0 Å². The second-order valence-corrected chi connectivity index (χ2v) is 8.29. The second kappa shape index (κ2) is 7.90. The maximum atomic E-state index is 13.5. The van der Waals surface area contributed by atoms with Gasteiger partial charge in [-0.2, -0.15) is 9.61 Å². The van der Waals surface area contributed by atoms with E-state index < -0.39 is 18.3 Å². The molecule has 0 radical (unpaired) electrons. The van der Waals surface area contributed by atoms with Crippen molar-refractivity contribution in [2.45, 2.75) is 50.0 Å². The number of hydrogen-bond donors (Lipinski definition) is 4. The normalized spacial score (nSPS) is 24.5. The van der Waals surface area contributed by atoms with Gasteiger partial charge in [-0.25, -0.2) is 9.37 Å². The molecule has 32 heavy (non-hydrogen) atoms. The molecule has 168 valence electrons. The Bertz CT molecular complexity index is 1240. The van der Waals surface area contributed by atoms with Crippen LogP contribution in [-0.2, 0) is 0 Å². The van der Waals surface area contributed by atoms with E-state index >= 15 is 0 Å². The summed E-state index contributed by atoms with van der Waals surface area (Å²) in [5.41, 5.74) is 0.528. The molecule has 2 aliphatic rings. The summed E-state index contributed by atoms with van der Waals surface area (Å²) >= 11 is 0. The van der Waals surface area contributed by atoms with Gasteiger partial charge >= 0.3 is 0 Å². The molecule has 2 fully saturated rings. The number of nitrogens with zero attached hydrogens (tertiary/aromatic N) is 4. The Hall–Kier alpha value is -3.47. The topological polar surface area (TPSA) is 126 Å². The Morgan fingerprint density at radius 2 is 2.12 bits per heavy atom. The van der Waals surface area contributed by atoms with Gasteiger partial charge in [0.15, 0.2) is 5.65 Å². The number of aliphatic hydroxyl groups excluding tert-OH is 1. The minimum Gasteiger partial charge on any atom is -0.393 e. The number of fused-ring (bicyclic) bond motifs is 1. The van der Waals surface area contributed by atoms with Crippen LogP contribution in [0.25, 0.3) is 5.65 Å². The van der Waals surface area contributed by atoms with Crippen molar-refractivity contribution >= 4 is 28.9 Å². The van der Waals surface area contributed by atoms with E-state index in [1.54, 1.807) is 31.4 Å². The number of aromatic nitrogens is 4. The van der Waals surface area contributed by atoms with E-state index in [0.29, 0.717) is 36.5 Å². The molecule has 5 rings (SSSR count). The van der Waals surface area contributed by atoms with E-state index in [9.17, 15) is 19.1 Å². The Morgan fingerprint density at radius 1 is 1.31 bits per heavy atom. The highest BCUT2D eigenvalue weighted by molar-refractivity contribution is 6.00. The number of aliphatic hydroxyl groups is 1. The summed E-state index contributed by atoms with van der Waals surface area (Å²) in [6.07, 6.45) is 3.86. The van der Waals surface area contributed by atoms with Gasteiger partial charge in [-0.05, 0) is 31.4 Å². The molecule has 0 aliphatic heterocycles. The van der Waals surface area contributed by atoms with Gasteiger partial charge in [-0.15, -0.1) is 0 Å². The highest BCUT2D eigenvalue weighted by atomic mass is 19.1. The lowest BCUT2D eigenvalue weighted by Crippen LogP contribution is -2.33. The van der Waals surface area contributed by atoms with Crippen LogP contribution in [0.1, 0.15) is 42.1 Å². The van der Waals surface area contributed by atoms with Gasteiger partial charge in [-0.1, -0.05) is 0 Å². The fourth-order valence-corrected chi connectivity index (χ4v) is 4.16. The van der Waals surface area contributed by atoms with Crippen LogP contribution in [0.2, 0.25) is 0 Å². The second-order valence-electron chi connectivity index (χ2n) is 8.29. The Morgan fingerprint density at radius 3 is 2.81 bits per heavy atom. The van der Waals surface area contributed by atoms with Gasteiger partial charge in [0.05, 0.1) is 18.3 Å². The van der Waals surface area contributed by atoms with Gasteiger partial charge in [0.2, 0.25) is 0 Å². The van der Waals surface area contributed by atoms with E-state index in [1.165, 1.54) is 15.3 Å². The van der Waals surface area contributed by atoms with E-state index in [-0.39, 0.29) is 28.8 Å². The van der Waals surface area contributed by atoms with Crippen molar-refractivity contribution in [3.63, 3.8) is 0 Å². The van der Waals surface area contributed by atoms with Crippen LogP contribution < -0.4 is 21.5 Å². The molecule has 11 heteroatoms. The number of anilines is 3. The highest BCUT2D eigenvalue weighted by Gasteiger charge is 2.39. The number of amides is 1. The van der Waals surface area contributed by atoms with Crippen molar-refractivity contribution in [2.75, 3.05) is 17.7 Å². The van der Waals surface area contributed by atoms with Crippen LogP contribution in [0.4, 0.5) is 21.7 Å². The number of carbonyl (C=O) groups excluding carboxylic acids is 1. The standard InChI is InChI=1S/C21H24FN7O3/c1-23-18-9-17(26-15-3-2-6-28(21(15)32)16-8-14(16)22)27-19-13(10-24-29(18)19)20(31)25-11-4-5-12(30)7-11/h2-3,6,9-12,14,16,23,30H,4-5,7-8H2,1H3,(H,25,31)(H,26,27)/t11?,12?,14-,16-/m0/s1. The summed E-state index contributed by atoms with van der Waals surface area (Å²) in [7, 11) is 1.71. The smallest absolute Gasteiger partial charge is 0.274 e.